The monoisotopic (exact) mass is 399 g/mol. The minimum atomic E-state index is 0.0991. The molecule has 0 radical (unpaired) electrons. The highest BCUT2D eigenvalue weighted by molar-refractivity contribution is 6.00. The number of carbonyl (C=O) groups is 1. The number of benzene rings is 1. The molecule has 0 aliphatic carbocycles. The van der Waals surface area contributed by atoms with Gasteiger partial charge in [0, 0.05) is 30.2 Å². The number of imidazole rings is 1. The van der Waals surface area contributed by atoms with Crippen LogP contribution in [0, 0.1) is 13.8 Å². The van der Waals surface area contributed by atoms with Crippen LogP contribution < -0.4 is 0 Å². The summed E-state index contributed by atoms with van der Waals surface area (Å²) in [7, 11) is 0. The largest absolute Gasteiger partial charge is 0.339 e. The highest BCUT2D eigenvalue weighted by Gasteiger charge is 2.19. The molecule has 0 bridgehead atoms. The Morgan fingerprint density at radius 1 is 0.967 bits per heavy atom. The maximum absolute atomic E-state index is 13.1. The van der Waals surface area contributed by atoms with Crippen LogP contribution in [0.3, 0.4) is 0 Å². The summed E-state index contributed by atoms with van der Waals surface area (Å²) in [5.41, 5.74) is 5.29. The van der Waals surface area contributed by atoms with Crippen LogP contribution in [0.5, 0.6) is 0 Å². The summed E-state index contributed by atoms with van der Waals surface area (Å²) >= 11 is 0. The van der Waals surface area contributed by atoms with Crippen molar-refractivity contribution < 1.29 is 4.79 Å². The zero-order chi connectivity index (χ0) is 20.7. The minimum absolute atomic E-state index is 0.0991. The van der Waals surface area contributed by atoms with E-state index in [0.717, 1.165) is 59.4 Å². The maximum Gasteiger partial charge on any atom is 0.253 e. The molecule has 1 fully saturated rings. The van der Waals surface area contributed by atoms with Crippen molar-refractivity contribution in [2.24, 2.45) is 0 Å². The predicted molar refractivity (Wildman–Crippen MR) is 118 cm³/mol. The van der Waals surface area contributed by atoms with Crippen molar-refractivity contribution in [2.45, 2.75) is 39.5 Å². The van der Waals surface area contributed by atoms with E-state index in [1.54, 1.807) is 0 Å². The van der Waals surface area contributed by atoms with Gasteiger partial charge in [0.1, 0.15) is 17.2 Å². The Hall–Kier alpha value is -3.28. The van der Waals surface area contributed by atoms with Crippen LogP contribution in [0.2, 0.25) is 0 Å². The second-order valence-electron chi connectivity index (χ2n) is 8.14. The average Bonchev–Trinajstić information content (AvgIpc) is 2.96. The van der Waals surface area contributed by atoms with E-state index in [-0.39, 0.29) is 5.91 Å². The van der Waals surface area contributed by atoms with Gasteiger partial charge in [-0.3, -0.25) is 9.20 Å². The van der Waals surface area contributed by atoms with Gasteiger partial charge in [-0.2, -0.15) is 0 Å². The fourth-order valence-electron chi connectivity index (χ4n) is 4.29. The number of carbonyl (C=O) groups excluding carboxylic acids is 1. The second kappa shape index (κ2) is 7.52. The molecule has 0 saturated carbocycles. The van der Waals surface area contributed by atoms with Crippen molar-refractivity contribution >= 4 is 22.5 Å². The highest BCUT2D eigenvalue weighted by Crippen LogP contribution is 2.28. The van der Waals surface area contributed by atoms with Gasteiger partial charge in [-0.1, -0.05) is 18.9 Å². The van der Waals surface area contributed by atoms with Crippen LogP contribution in [-0.2, 0) is 0 Å². The van der Waals surface area contributed by atoms with E-state index in [1.165, 1.54) is 12.8 Å². The Balaban J connectivity index is 1.61. The van der Waals surface area contributed by atoms with Gasteiger partial charge in [-0.25, -0.2) is 15.0 Å². The first-order valence-corrected chi connectivity index (χ1v) is 10.6. The third kappa shape index (κ3) is 3.32. The molecule has 0 atom stereocenters. The molecule has 3 aromatic heterocycles. The lowest BCUT2D eigenvalue weighted by atomic mass is 10.1. The van der Waals surface area contributed by atoms with E-state index in [0.29, 0.717) is 11.4 Å². The summed E-state index contributed by atoms with van der Waals surface area (Å²) in [5, 5.41) is 0.927. The Kier molecular flexibility index (Phi) is 4.69. The van der Waals surface area contributed by atoms with Gasteiger partial charge in [-0.15, -0.1) is 0 Å². The average molecular weight is 399 g/mol. The molecule has 5 rings (SSSR count). The van der Waals surface area contributed by atoms with Gasteiger partial charge in [0.15, 0.2) is 0 Å². The van der Waals surface area contributed by atoms with Crippen LogP contribution in [0.15, 0.2) is 42.7 Å². The quantitative estimate of drug-likeness (QED) is 0.495. The standard InChI is InChI=1S/C24H25N5O/c1-16-7-10-22-25-14-21(29(22)15-16)23-19-9-8-18(13-20(19)26-17(2)27-23)24(30)28-11-5-3-4-6-12-28/h7-10,13-15H,3-6,11-12H2,1-2H3. The normalized spacial score (nSPS) is 14.9. The third-order valence-electron chi connectivity index (χ3n) is 5.85. The lowest BCUT2D eigenvalue weighted by Crippen LogP contribution is -2.31. The number of amides is 1. The molecule has 6 nitrogen and oxygen atoms in total. The first-order chi connectivity index (χ1) is 14.6. The molecule has 1 amide bonds. The number of fused-ring (bicyclic) bond motifs is 2. The number of nitrogens with zero attached hydrogens (tertiary/aromatic N) is 5. The van der Waals surface area contributed by atoms with Gasteiger partial charge in [0.2, 0.25) is 0 Å². The molecular weight excluding hydrogens is 374 g/mol. The number of aryl methyl sites for hydroxylation is 2. The fourth-order valence-corrected chi connectivity index (χ4v) is 4.29. The molecule has 6 heteroatoms. The van der Waals surface area contributed by atoms with Crippen LogP contribution in [0.25, 0.3) is 27.9 Å². The van der Waals surface area contributed by atoms with Crippen molar-refractivity contribution in [1.82, 2.24) is 24.3 Å². The molecule has 4 aromatic rings. The summed E-state index contributed by atoms with van der Waals surface area (Å²) < 4.78 is 2.06. The molecule has 0 spiro atoms. The number of pyridine rings is 1. The van der Waals surface area contributed by atoms with E-state index in [9.17, 15) is 4.79 Å². The van der Waals surface area contributed by atoms with Crippen molar-refractivity contribution in [2.75, 3.05) is 13.1 Å². The van der Waals surface area contributed by atoms with Crippen LogP contribution in [0.1, 0.15) is 47.4 Å². The van der Waals surface area contributed by atoms with Crippen molar-refractivity contribution in [1.29, 1.82) is 0 Å². The molecule has 1 aromatic carbocycles. The summed E-state index contributed by atoms with van der Waals surface area (Å²) in [6.07, 6.45) is 8.49. The molecule has 30 heavy (non-hydrogen) atoms. The summed E-state index contributed by atoms with van der Waals surface area (Å²) in [5.74, 6) is 0.779. The number of aromatic nitrogens is 4. The molecule has 1 saturated heterocycles. The Labute approximate surface area is 175 Å². The summed E-state index contributed by atoms with van der Waals surface area (Å²) in [6, 6.07) is 9.86. The molecule has 0 unspecified atom stereocenters. The van der Waals surface area contributed by atoms with Gasteiger partial charge in [0.05, 0.1) is 17.4 Å². The number of hydrogen-bond acceptors (Lipinski definition) is 4. The number of hydrogen-bond donors (Lipinski definition) is 0. The van der Waals surface area contributed by atoms with E-state index in [1.807, 2.05) is 42.3 Å². The lowest BCUT2D eigenvalue weighted by molar-refractivity contribution is 0.0762. The Bertz CT molecular complexity index is 1250. The molecule has 152 valence electrons. The molecule has 1 aliphatic heterocycles. The van der Waals surface area contributed by atoms with Crippen LogP contribution >= 0.6 is 0 Å². The van der Waals surface area contributed by atoms with Crippen molar-refractivity contribution in [3.05, 3.63) is 59.7 Å². The molecule has 1 aliphatic rings. The SMILES string of the molecule is Cc1ccc2ncc(-c3nc(C)nc4cc(C(=O)N5CCCCCC5)ccc34)n2c1. The topological polar surface area (TPSA) is 63.4 Å². The highest BCUT2D eigenvalue weighted by atomic mass is 16.2. The van der Waals surface area contributed by atoms with Crippen molar-refractivity contribution in [3.8, 4) is 11.4 Å². The lowest BCUT2D eigenvalue weighted by Gasteiger charge is -2.20. The number of rotatable bonds is 2. The smallest absolute Gasteiger partial charge is 0.253 e. The number of likely N-dealkylation sites (tertiary alicyclic amines) is 1. The van der Waals surface area contributed by atoms with Gasteiger partial charge >= 0.3 is 0 Å². The molecule has 0 N–H and O–H groups in total. The van der Waals surface area contributed by atoms with E-state index in [4.69, 9.17) is 4.98 Å². The fraction of sp³-hybridized carbons (Fsp3) is 0.333. The maximum atomic E-state index is 13.1. The van der Waals surface area contributed by atoms with Crippen LogP contribution in [-0.4, -0.2) is 43.2 Å². The minimum Gasteiger partial charge on any atom is -0.339 e. The predicted octanol–water partition coefficient (Wildman–Crippen LogP) is 4.58. The first kappa shape index (κ1) is 18.7. The third-order valence-corrected chi connectivity index (χ3v) is 5.85. The molecule has 4 heterocycles. The zero-order valence-electron chi connectivity index (χ0n) is 17.4. The zero-order valence-corrected chi connectivity index (χ0v) is 17.4. The summed E-state index contributed by atoms with van der Waals surface area (Å²) in [4.78, 5) is 29.0. The van der Waals surface area contributed by atoms with Gasteiger partial charge < -0.3 is 4.90 Å². The van der Waals surface area contributed by atoms with E-state index >= 15 is 0 Å². The first-order valence-electron chi connectivity index (χ1n) is 10.6. The molecular formula is C24H25N5O. The summed E-state index contributed by atoms with van der Waals surface area (Å²) in [6.45, 7) is 5.63. The Morgan fingerprint density at radius 3 is 2.57 bits per heavy atom. The van der Waals surface area contributed by atoms with Crippen molar-refractivity contribution in [3.63, 3.8) is 0 Å². The van der Waals surface area contributed by atoms with Gasteiger partial charge in [0.25, 0.3) is 5.91 Å². The Morgan fingerprint density at radius 2 is 1.77 bits per heavy atom. The second-order valence-corrected chi connectivity index (χ2v) is 8.14. The van der Waals surface area contributed by atoms with Crippen LogP contribution in [0.4, 0.5) is 0 Å². The van der Waals surface area contributed by atoms with Gasteiger partial charge in [-0.05, 0) is 56.5 Å². The van der Waals surface area contributed by atoms with E-state index < -0.39 is 0 Å². The van der Waals surface area contributed by atoms with E-state index in [2.05, 4.69) is 33.6 Å².